The number of hydrogen-bond acceptors (Lipinski definition) is 6. The van der Waals surface area contributed by atoms with E-state index < -0.39 is 6.04 Å². The predicted molar refractivity (Wildman–Crippen MR) is 151 cm³/mol. The Bertz CT molecular complexity index is 1200. The molecule has 3 aromatic rings. The van der Waals surface area contributed by atoms with Gasteiger partial charge in [0.25, 0.3) is 0 Å². The Labute approximate surface area is 231 Å². The van der Waals surface area contributed by atoms with Crippen molar-refractivity contribution in [1.82, 2.24) is 20.5 Å². The lowest BCUT2D eigenvalue weighted by Gasteiger charge is -2.37. The minimum absolute atomic E-state index is 0.114. The molecule has 0 bridgehead atoms. The molecular weight excluding hydrogens is 529 g/mol. The van der Waals surface area contributed by atoms with Crippen LogP contribution in [0.25, 0.3) is 0 Å². The highest BCUT2D eigenvalue weighted by atomic mass is 35.5. The summed E-state index contributed by atoms with van der Waals surface area (Å²) in [4.78, 5) is 35.3. The quantitative estimate of drug-likeness (QED) is 0.364. The van der Waals surface area contributed by atoms with Crippen molar-refractivity contribution in [3.63, 3.8) is 0 Å². The number of thiophene rings is 1. The number of carbonyl (C=O) groups is 2. The van der Waals surface area contributed by atoms with Crippen LogP contribution in [0.2, 0.25) is 10.0 Å². The van der Waals surface area contributed by atoms with Gasteiger partial charge in [-0.3, -0.25) is 9.59 Å². The van der Waals surface area contributed by atoms with Gasteiger partial charge in [0, 0.05) is 79.3 Å². The summed E-state index contributed by atoms with van der Waals surface area (Å²) in [6, 6.07) is 12.8. The Hall–Kier alpha value is -2.65. The summed E-state index contributed by atoms with van der Waals surface area (Å²) < 4.78 is 0. The third kappa shape index (κ3) is 7.68. The van der Waals surface area contributed by atoms with Crippen LogP contribution < -0.4 is 15.5 Å². The first-order valence-corrected chi connectivity index (χ1v) is 14.0. The van der Waals surface area contributed by atoms with Gasteiger partial charge in [-0.15, -0.1) is 11.3 Å². The standard InChI is InChI=1S/C27H31Cl2N5O2S/c1-19(35)32-25(16-20-6-7-22(28)17-24(20)29)27(36)34-13-11-33(12-14-34)26-21(4-2-9-31-26)18-30-10-8-23-5-3-15-37-23/h2-7,9,15,17,25,30H,8,10-14,16,18H2,1H3,(H,32,35)/t25-/m1/s1. The van der Waals surface area contributed by atoms with Gasteiger partial charge >= 0.3 is 0 Å². The summed E-state index contributed by atoms with van der Waals surface area (Å²) in [5.41, 5.74) is 1.91. The number of amides is 2. The van der Waals surface area contributed by atoms with E-state index in [4.69, 9.17) is 23.2 Å². The third-order valence-corrected chi connectivity index (χ3v) is 7.84. The van der Waals surface area contributed by atoms with Crippen LogP contribution >= 0.6 is 34.5 Å². The molecule has 37 heavy (non-hydrogen) atoms. The van der Waals surface area contributed by atoms with Crippen LogP contribution in [-0.4, -0.2) is 60.5 Å². The molecule has 7 nitrogen and oxygen atoms in total. The third-order valence-electron chi connectivity index (χ3n) is 6.32. The van der Waals surface area contributed by atoms with Crippen LogP contribution in [-0.2, 0) is 29.0 Å². The maximum Gasteiger partial charge on any atom is 0.245 e. The van der Waals surface area contributed by atoms with Crippen molar-refractivity contribution < 1.29 is 9.59 Å². The van der Waals surface area contributed by atoms with Crippen molar-refractivity contribution in [2.24, 2.45) is 0 Å². The fourth-order valence-electron chi connectivity index (χ4n) is 4.45. The molecule has 1 aliphatic rings. The van der Waals surface area contributed by atoms with Crippen LogP contribution in [0.4, 0.5) is 5.82 Å². The molecule has 0 unspecified atom stereocenters. The second kappa shape index (κ2) is 13.2. The molecule has 10 heteroatoms. The molecule has 2 aromatic heterocycles. The van der Waals surface area contributed by atoms with Crippen LogP contribution in [0.15, 0.2) is 54.0 Å². The zero-order chi connectivity index (χ0) is 26.2. The number of anilines is 1. The van der Waals surface area contributed by atoms with E-state index in [1.807, 2.05) is 17.2 Å². The molecule has 3 heterocycles. The molecule has 1 saturated heterocycles. The Balaban J connectivity index is 1.35. The van der Waals surface area contributed by atoms with Gasteiger partial charge in [-0.1, -0.05) is 41.4 Å². The highest BCUT2D eigenvalue weighted by Crippen LogP contribution is 2.23. The van der Waals surface area contributed by atoms with Gasteiger partial charge in [0.2, 0.25) is 11.8 Å². The van der Waals surface area contributed by atoms with Crippen molar-refractivity contribution in [3.8, 4) is 0 Å². The van der Waals surface area contributed by atoms with Gasteiger partial charge < -0.3 is 20.4 Å². The normalized spacial score (nSPS) is 14.5. The first-order chi connectivity index (χ1) is 17.9. The maximum absolute atomic E-state index is 13.4. The van der Waals surface area contributed by atoms with Gasteiger partial charge in [-0.2, -0.15) is 0 Å². The molecule has 4 rings (SSSR count). The van der Waals surface area contributed by atoms with Crippen molar-refractivity contribution in [2.45, 2.75) is 32.4 Å². The van der Waals surface area contributed by atoms with E-state index in [1.54, 1.807) is 29.5 Å². The average molecular weight is 561 g/mol. The first kappa shape index (κ1) is 27.4. The number of carbonyl (C=O) groups excluding carboxylic acids is 2. The lowest BCUT2D eigenvalue weighted by atomic mass is 10.0. The fourth-order valence-corrected chi connectivity index (χ4v) is 5.65. The maximum atomic E-state index is 13.4. The van der Waals surface area contributed by atoms with E-state index in [1.165, 1.54) is 11.8 Å². The number of nitrogens with one attached hydrogen (secondary N) is 2. The number of piperazine rings is 1. The van der Waals surface area contributed by atoms with E-state index in [2.05, 4.69) is 44.1 Å². The van der Waals surface area contributed by atoms with Crippen LogP contribution in [0.3, 0.4) is 0 Å². The van der Waals surface area contributed by atoms with Gasteiger partial charge in [-0.25, -0.2) is 4.98 Å². The summed E-state index contributed by atoms with van der Waals surface area (Å²) >= 11 is 14.1. The van der Waals surface area contributed by atoms with Crippen molar-refractivity contribution in [3.05, 3.63) is 80.1 Å². The molecule has 1 atom stereocenters. The van der Waals surface area contributed by atoms with E-state index >= 15 is 0 Å². The smallest absolute Gasteiger partial charge is 0.245 e. The SMILES string of the molecule is CC(=O)N[C@H](Cc1ccc(Cl)cc1Cl)C(=O)N1CCN(c2ncccc2CNCCc2cccs2)CC1. The summed E-state index contributed by atoms with van der Waals surface area (Å²) in [6.45, 7) is 5.48. The van der Waals surface area contributed by atoms with Crippen molar-refractivity contribution in [1.29, 1.82) is 0 Å². The predicted octanol–water partition coefficient (Wildman–Crippen LogP) is 4.18. The summed E-state index contributed by atoms with van der Waals surface area (Å²) in [5.74, 6) is 0.578. The highest BCUT2D eigenvalue weighted by molar-refractivity contribution is 7.09. The monoisotopic (exact) mass is 559 g/mol. The Morgan fingerprint density at radius 1 is 1.08 bits per heavy atom. The molecule has 1 aromatic carbocycles. The van der Waals surface area contributed by atoms with E-state index in [9.17, 15) is 9.59 Å². The van der Waals surface area contributed by atoms with Gasteiger partial charge in [0.15, 0.2) is 0 Å². The summed E-state index contributed by atoms with van der Waals surface area (Å²) in [6.07, 6.45) is 3.12. The number of pyridine rings is 1. The molecule has 0 radical (unpaired) electrons. The first-order valence-electron chi connectivity index (χ1n) is 12.3. The highest BCUT2D eigenvalue weighted by Gasteiger charge is 2.29. The van der Waals surface area contributed by atoms with E-state index in [-0.39, 0.29) is 11.8 Å². The minimum atomic E-state index is -0.694. The zero-order valence-corrected chi connectivity index (χ0v) is 23.1. The molecular formula is C27H31Cl2N5O2S. The second-order valence-corrected chi connectivity index (χ2v) is 10.9. The number of halogens is 2. The van der Waals surface area contributed by atoms with Crippen molar-refractivity contribution >= 4 is 52.2 Å². The van der Waals surface area contributed by atoms with Gasteiger partial charge in [0.1, 0.15) is 11.9 Å². The number of aromatic nitrogens is 1. The van der Waals surface area contributed by atoms with E-state index in [0.29, 0.717) is 42.6 Å². The minimum Gasteiger partial charge on any atom is -0.353 e. The number of hydrogen-bond donors (Lipinski definition) is 2. The molecule has 2 amide bonds. The van der Waals surface area contributed by atoms with Gasteiger partial charge in [0.05, 0.1) is 0 Å². The molecule has 2 N–H and O–H groups in total. The Morgan fingerprint density at radius 3 is 2.59 bits per heavy atom. The zero-order valence-electron chi connectivity index (χ0n) is 20.8. The largest absolute Gasteiger partial charge is 0.353 e. The van der Waals surface area contributed by atoms with Gasteiger partial charge in [-0.05, 0) is 41.6 Å². The summed E-state index contributed by atoms with van der Waals surface area (Å²) in [5, 5.41) is 9.44. The molecule has 196 valence electrons. The molecule has 1 fully saturated rings. The lowest BCUT2D eigenvalue weighted by Crippen LogP contribution is -2.55. The lowest BCUT2D eigenvalue weighted by molar-refractivity contribution is -0.136. The van der Waals surface area contributed by atoms with Crippen LogP contribution in [0.1, 0.15) is 22.9 Å². The molecule has 0 saturated carbocycles. The second-order valence-electron chi connectivity index (χ2n) is 9.00. The Morgan fingerprint density at radius 2 is 1.89 bits per heavy atom. The number of nitrogens with zero attached hydrogens (tertiary/aromatic N) is 3. The molecule has 1 aliphatic heterocycles. The summed E-state index contributed by atoms with van der Waals surface area (Å²) in [7, 11) is 0. The van der Waals surface area contributed by atoms with Crippen molar-refractivity contribution in [2.75, 3.05) is 37.6 Å². The Kier molecular flexibility index (Phi) is 9.80. The van der Waals surface area contributed by atoms with Crippen LogP contribution in [0.5, 0.6) is 0 Å². The number of benzene rings is 1. The number of rotatable bonds is 10. The topological polar surface area (TPSA) is 77.6 Å². The molecule has 0 spiro atoms. The average Bonchev–Trinajstić information content (AvgIpc) is 3.41. The fraction of sp³-hybridized carbons (Fsp3) is 0.370. The van der Waals surface area contributed by atoms with E-state index in [0.717, 1.165) is 36.5 Å². The molecule has 0 aliphatic carbocycles. The van der Waals surface area contributed by atoms with Crippen LogP contribution in [0, 0.1) is 0 Å².